The van der Waals surface area contributed by atoms with Crippen molar-refractivity contribution in [1.29, 1.82) is 0 Å². The van der Waals surface area contributed by atoms with E-state index in [9.17, 15) is 9.90 Å². The lowest BCUT2D eigenvalue weighted by atomic mass is 9.92. The number of ether oxygens (including phenoxy) is 1. The molecule has 1 N–H and O–H groups in total. The average Bonchev–Trinajstić information content (AvgIpc) is 2.74. The zero-order valence-corrected chi connectivity index (χ0v) is 16.4. The van der Waals surface area contributed by atoms with Crippen LogP contribution in [-0.4, -0.2) is 47.1 Å². The monoisotopic (exact) mass is 380 g/mol. The summed E-state index contributed by atoms with van der Waals surface area (Å²) in [5, 5.41) is 9.88. The van der Waals surface area contributed by atoms with Crippen LogP contribution >= 0.6 is 0 Å². The van der Waals surface area contributed by atoms with E-state index in [4.69, 9.17) is 4.74 Å². The Hall–Kier alpha value is -2.53. The SMILES string of the molecule is COc1cc(CN2Cc3ccccc3CC2C(=O)N2CCCCC2)ccc1O. The van der Waals surface area contributed by atoms with E-state index in [1.54, 1.807) is 13.2 Å². The molecule has 0 spiro atoms. The minimum Gasteiger partial charge on any atom is -0.504 e. The van der Waals surface area contributed by atoms with E-state index in [0.717, 1.165) is 44.5 Å². The Labute approximate surface area is 166 Å². The number of phenols is 1. The quantitative estimate of drug-likeness (QED) is 0.884. The number of phenolic OH excluding ortho intramolecular Hbond substituents is 1. The molecule has 1 amide bonds. The number of benzene rings is 2. The zero-order valence-electron chi connectivity index (χ0n) is 16.4. The smallest absolute Gasteiger partial charge is 0.240 e. The van der Waals surface area contributed by atoms with Crippen molar-refractivity contribution in [2.75, 3.05) is 20.2 Å². The molecule has 5 heteroatoms. The van der Waals surface area contributed by atoms with Gasteiger partial charge >= 0.3 is 0 Å². The van der Waals surface area contributed by atoms with E-state index in [0.29, 0.717) is 12.3 Å². The predicted molar refractivity (Wildman–Crippen MR) is 108 cm³/mol. The fourth-order valence-electron chi connectivity index (χ4n) is 4.37. The molecular weight excluding hydrogens is 352 g/mol. The van der Waals surface area contributed by atoms with Gasteiger partial charge in [0.2, 0.25) is 5.91 Å². The molecule has 2 aromatic carbocycles. The number of carbonyl (C=O) groups excluding carboxylic acids is 1. The van der Waals surface area contributed by atoms with Crippen molar-refractivity contribution in [3.8, 4) is 11.5 Å². The van der Waals surface area contributed by atoms with E-state index in [2.05, 4.69) is 29.2 Å². The Balaban J connectivity index is 1.60. The molecule has 2 aliphatic heterocycles. The van der Waals surface area contributed by atoms with Crippen LogP contribution in [0.15, 0.2) is 42.5 Å². The largest absolute Gasteiger partial charge is 0.504 e. The third-order valence-electron chi connectivity index (χ3n) is 5.93. The summed E-state index contributed by atoms with van der Waals surface area (Å²) in [4.78, 5) is 17.7. The normalized spacial score (nSPS) is 19.9. The van der Waals surface area contributed by atoms with Gasteiger partial charge in [0.1, 0.15) is 0 Å². The van der Waals surface area contributed by atoms with Crippen LogP contribution in [0.1, 0.15) is 36.0 Å². The maximum atomic E-state index is 13.4. The molecule has 0 aliphatic carbocycles. The van der Waals surface area contributed by atoms with Gasteiger partial charge < -0.3 is 14.7 Å². The third kappa shape index (κ3) is 3.85. The van der Waals surface area contributed by atoms with Crippen LogP contribution in [0.25, 0.3) is 0 Å². The summed E-state index contributed by atoms with van der Waals surface area (Å²) in [6.07, 6.45) is 4.17. The van der Waals surface area contributed by atoms with Crippen molar-refractivity contribution in [3.63, 3.8) is 0 Å². The molecule has 2 aliphatic rings. The van der Waals surface area contributed by atoms with Gasteiger partial charge in [-0.3, -0.25) is 9.69 Å². The molecule has 0 bridgehead atoms. The molecule has 2 aromatic rings. The number of carbonyl (C=O) groups is 1. The van der Waals surface area contributed by atoms with Crippen LogP contribution in [0, 0.1) is 0 Å². The lowest BCUT2D eigenvalue weighted by molar-refractivity contribution is -0.138. The van der Waals surface area contributed by atoms with Gasteiger partial charge in [0, 0.05) is 26.2 Å². The Morgan fingerprint density at radius 3 is 2.61 bits per heavy atom. The Kier molecular flexibility index (Phi) is 5.53. The van der Waals surface area contributed by atoms with E-state index in [-0.39, 0.29) is 17.7 Å². The molecule has 1 unspecified atom stereocenters. The van der Waals surface area contributed by atoms with Gasteiger partial charge in [-0.15, -0.1) is 0 Å². The summed E-state index contributed by atoms with van der Waals surface area (Å²) in [7, 11) is 1.55. The summed E-state index contributed by atoms with van der Waals surface area (Å²) >= 11 is 0. The van der Waals surface area contributed by atoms with Gasteiger partial charge in [0.25, 0.3) is 0 Å². The molecule has 148 valence electrons. The molecule has 2 heterocycles. The first-order valence-corrected chi connectivity index (χ1v) is 10.1. The second-order valence-corrected chi connectivity index (χ2v) is 7.79. The average molecular weight is 380 g/mol. The second kappa shape index (κ2) is 8.23. The highest BCUT2D eigenvalue weighted by Gasteiger charge is 2.34. The number of methoxy groups -OCH3 is 1. The van der Waals surface area contributed by atoms with Gasteiger partial charge in [-0.2, -0.15) is 0 Å². The summed E-state index contributed by atoms with van der Waals surface area (Å²) in [5.41, 5.74) is 3.60. The van der Waals surface area contributed by atoms with Crippen LogP contribution in [-0.2, 0) is 24.3 Å². The standard InChI is InChI=1S/C23H28N2O3/c1-28-22-13-17(9-10-21(22)26)15-25-16-19-8-4-3-7-18(19)14-20(25)23(27)24-11-5-2-6-12-24/h3-4,7-10,13,20,26H,2,5-6,11-12,14-16H2,1H3. The molecule has 1 saturated heterocycles. The van der Waals surface area contributed by atoms with Crippen molar-refractivity contribution in [2.45, 2.75) is 44.8 Å². The maximum Gasteiger partial charge on any atom is 0.240 e. The maximum absolute atomic E-state index is 13.4. The first kappa shape index (κ1) is 18.8. The molecule has 0 saturated carbocycles. The molecule has 1 atom stereocenters. The summed E-state index contributed by atoms with van der Waals surface area (Å²) in [5.74, 6) is 0.852. The highest BCUT2D eigenvalue weighted by atomic mass is 16.5. The highest BCUT2D eigenvalue weighted by molar-refractivity contribution is 5.82. The molecule has 0 aromatic heterocycles. The summed E-state index contributed by atoms with van der Waals surface area (Å²) in [6.45, 7) is 3.15. The first-order chi connectivity index (χ1) is 13.7. The van der Waals surface area contributed by atoms with Crippen molar-refractivity contribution >= 4 is 5.91 Å². The van der Waals surface area contributed by atoms with E-state index >= 15 is 0 Å². The van der Waals surface area contributed by atoms with Crippen molar-refractivity contribution in [2.24, 2.45) is 0 Å². The number of hydrogen-bond acceptors (Lipinski definition) is 4. The highest BCUT2D eigenvalue weighted by Crippen LogP contribution is 2.30. The summed E-state index contributed by atoms with van der Waals surface area (Å²) < 4.78 is 5.26. The number of hydrogen-bond donors (Lipinski definition) is 1. The topological polar surface area (TPSA) is 53.0 Å². The number of rotatable bonds is 4. The van der Waals surface area contributed by atoms with Crippen molar-refractivity contribution < 1.29 is 14.6 Å². The second-order valence-electron chi connectivity index (χ2n) is 7.79. The predicted octanol–water partition coefficient (Wildman–Crippen LogP) is 3.34. The van der Waals surface area contributed by atoms with Crippen LogP contribution in [0.3, 0.4) is 0 Å². The van der Waals surface area contributed by atoms with Gasteiger partial charge in [0.05, 0.1) is 13.2 Å². The number of likely N-dealkylation sites (tertiary alicyclic amines) is 1. The van der Waals surface area contributed by atoms with Gasteiger partial charge in [-0.1, -0.05) is 30.3 Å². The number of amides is 1. The number of aromatic hydroxyl groups is 1. The van der Waals surface area contributed by atoms with Gasteiger partial charge in [-0.25, -0.2) is 0 Å². The molecule has 28 heavy (non-hydrogen) atoms. The number of nitrogens with zero attached hydrogens (tertiary/aromatic N) is 2. The van der Waals surface area contributed by atoms with Crippen LogP contribution in [0.5, 0.6) is 11.5 Å². The molecular formula is C23H28N2O3. The van der Waals surface area contributed by atoms with E-state index in [1.807, 2.05) is 17.0 Å². The first-order valence-electron chi connectivity index (χ1n) is 10.1. The minimum absolute atomic E-state index is 0.135. The minimum atomic E-state index is -0.146. The van der Waals surface area contributed by atoms with Gasteiger partial charge in [0.15, 0.2) is 11.5 Å². The number of piperidine rings is 1. The lowest BCUT2D eigenvalue weighted by Gasteiger charge is -2.39. The molecule has 5 nitrogen and oxygen atoms in total. The third-order valence-corrected chi connectivity index (χ3v) is 5.93. The lowest BCUT2D eigenvalue weighted by Crippen LogP contribution is -2.52. The fourth-order valence-corrected chi connectivity index (χ4v) is 4.37. The Morgan fingerprint density at radius 1 is 1.11 bits per heavy atom. The Bertz CT molecular complexity index is 845. The van der Waals surface area contributed by atoms with E-state index in [1.165, 1.54) is 17.5 Å². The molecule has 1 fully saturated rings. The van der Waals surface area contributed by atoms with Crippen LogP contribution < -0.4 is 4.74 Å². The molecule has 4 rings (SSSR count). The zero-order chi connectivity index (χ0) is 19.5. The van der Waals surface area contributed by atoms with Crippen LogP contribution in [0.4, 0.5) is 0 Å². The molecule has 0 radical (unpaired) electrons. The Morgan fingerprint density at radius 2 is 1.86 bits per heavy atom. The van der Waals surface area contributed by atoms with Gasteiger partial charge in [-0.05, 0) is 54.5 Å². The summed E-state index contributed by atoms with van der Waals surface area (Å²) in [6, 6.07) is 13.7. The van der Waals surface area contributed by atoms with Crippen LogP contribution in [0.2, 0.25) is 0 Å². The fraction of sp³-hybridized carbons (Fsp3) is 0.435. The van der Waals surface area contributed by atoms with Crippen molar-refractivity contribution in [3.05, 3.63) is 59.2 Å². The van der Waals surface area contributed by atoms with Crippen molar-refractivity contribution in [1.82, 2.24) is 9.80 Å². The number of fused-ring (bicyclic) bond motifs is 1. The van der Waals surface area contributed by atoms with E-state index < -0.39 is 0 Å².